The first kappa shape index (κ1) is 7.24. The Morgan fingerprint density at radius 2 is 2.42 bits per heavy atom. The third kappa shape index (κ3) is 0.967. The van der Waals surface area contributed by atoms with Gasteiger partial charge in [0.05, 0.1) is 11.4 Å². The summed E-state index contributed by atoms with van der Waals surface area (Å²) in [5, 5.41) is 2.60. The maximum atomic E-state index is 10.8. The number of allylic oxidation sites excluding steroid dienone is 1. The molecule has 0 saturated heterocycles. The van der Waals surface area contributed by atoms with E-state index in [9.17, 15) is 4.79 Å². The van der Waals surface area contributed by atoms with Gasteiger partial charge in [0.1, 0.15) is 0 Å². The first-order valence-corrected chi connectivity index (χ1v) is 3.72. The molecule has 2 rings (SSSR count). The molecule has 0 fully saturated rings. The van der Waals surface area contributed by atoms with Crippen molar-refractivity contribution in [3.63, 3.8) is 0 Å². The lowest BCUT2D eigenvalue weighted by Crippen LogP contribution is -2.27. The molecule has 1 atom stereocenters. The Hall–Kier alpha value is -1.42. The fraction of sp³-hybridized carbons (Fsp3) is 0.250. The average molecular weight is 163 g/mol. The quantitative estimate of drug-likeness (QED) is 0.540. The maximum absolute atomic E-state index is 10.8. The fourth-order valence-electron chi connectivity index (χ4n) is 1.24. The molecule has 12 heavy (non-hydrogen) atoms. The molecule has 2 aliphatic rings. The zero-order valence-corrected chi connectivity index (χ0v) is 6.66. The predicted octanol–water partition coefficient (Wildman–Crippen LogP) is 0.322. The summed E-state index contributed by atoms with van der Waals surface area (Å²) >= 11 is 0. The Morgan fingerprint density at radius 1 is 1.67 bits per heavy atom. The number of rotatable bonds is 0. The minimum absolute atomic E-state index is 0.0997. The molecule has 0 saturated carbocycles. The van der Waals surface area contributed by atoms with Gasteiger partial charge in [0.15, 0.2) is 0 Å². The topological polar surface area (TPSA) is 67.5 Å². The van der Waals surface area contributed by atoms with Crippen molar-refractivity contribution in [2.45, 2.75) is 13.0 Å². The second-order valence-corrected chi connectivity index (χ2v) is 2.92. The smallest absolute Gasteiger partial charge is 0.321 e. The molecule has 1 aliphatic carbocycles. The zero-order valence-electron chi connectivity index (χ0n) is 6.66. The second-order valence-electron chi connectivity index (χ2n) is 2.92. The number of fused-ring (bicyclic) bond motifs is 1. The molecule has 0 aromatic heterocycles. The van der Waals surface area contributed by atoms with Crippen molar-refractivity contribution in [2.24, 2.45) is 10.7 Å². The summed E-state index contributed by atoms with van der Waals surface area (Å²) in [6, 6.07) is -0.410. The Morgan fingerprint density at radius 3 is 3.17 bits per heavy atom. The molecule has 4 heteroatoms. The van der Waals surface area contributed by atoms with Gasteiger partial charge < -0.3 is 11.1 Å². The molecule has 0 aromatic rings. The highest BCUT2D eigenvalue weighted by molar-refractivity contribution is 6.19. The minimum atomic E-state index is -0.311. The van der Waals surface area contributed by atoms with Crippen LogP contribution in [0.1, 0.15) is 6.92 Å². The van der Waals surface area contributed by atoms with E-state index in [1.807, 2.05) is 13.0 Å². The molecule has 3 N–H and O–H groups in total. The van der Waals surface area contributed by atoms with Crippen molar-refractivity contribution >= 4 is 11.7 Å². The van der Waals surface area contributed by atoms with Crippen LogP contribution in [0.15, 0.2) is 28.4 Å². The number of carbonyl (C=O) groups is 1. The number of hydrogen-bond donors (Lipinski definition) is 2. The van der Waals surface area contributed by atoms with E-state index in [2.05, 4.69) is 10.3 Å². The lowest BCUT2D eigenvalue weighted by atomic mass is 10.00. The van der Waals surface area contributed by atoms with E-state index in [-0.39, 0.29) is 12.1 Å². The summed E-state index contributed by atoms with van der Waals surface area (Å²) < 4.78 is 0. The highest BCUT2D eigenvalue weighted by Gasteiger charge is 2.22. The van der Waals surface area contributed by atoms with Crippen LogP contribution in [0.4, 0.5) is 4.79 Å². The molecule has 2 amide bonds. The van der Waals surface area contributed by atoms with E-state index in [4.69, 9.17) is 5.73 Å². The van der Waals surface area contributed by atoms with Crippen LogP contribution in [0.25, 0.3) is 0 Å². The van der Waals surface area contributed by atoms with Gasteiger partial charge >= 0.3 is 6.03 Å². The van der Waals surface area contributed by atoms with Crippen LogP contribution in [-0.4, -0.2) is 17.8 Å². The highest BCUT2D eigenvalue weighted by atomic mass is 16.2. The van der Waals surface area contributed by atoms with Crippen molar-refractivity contribution in [3.05, 3.63) is 23.4 Å². The van der Waals surface area contributed by atoms with Gasteiger partial charge in [-0.1, -0.05) is 5.57 Å². The van der Waals surface area contributed by atoms with Gasteiger partial charge in [0.2, 0.25) is 0 Å². The number of nitrogens with one attached hydrogen (secondary N) is 1. The van der Waals surface area contributed by atoms with Crippen molar-refractivity contribution < 1.29 is 4.79 Å². The molecule has 1 unspecified atom stereocenters. The minimum Gasteiger partial charge on any atom is -0.321 e. The predicted molar refractivity (Wildman–Crippen MR) is 45.8 cm³/mol. The van der Waals surface area contributed by atoms with Crippen molar-refractivity contribution in [1.29, 1.82) is 0 Å². The number of carbonyl (C=O) groups excluding carboxylic acids is 1. The summed E-state index contributed by atoms with van der Waals surface area (Å²) in [6.07, 6.45) is 3.64. The third-order valence-electron chi connectivity index (χ3n) is 1.98. The van der Waals surface area contributed by atoms with Gasteiger partial charge in [0.25, 0.3) is 0 Å². The van der Waals surface area contributed by atoms with Gasteiger partial charge in [-0.25, -0.2) is 4.79 Å². The van der Waals surface area contributed by atoms with Crippen molar-refractivity contribution in [2.75, 3.05) is 0 Å². The van der Waals surface area contributed by atoms with Crippen LogP contribution < -0.4 is 11.1 Å². The van der Waals surface area contributed by atoms with E-state index in [0.29, 0.717) is 5.71 Å². The SMILES string of the molecule is CC1=CC2=NC(=O)NC2=CC1N. The number of aliphatic imine (C=N–C) groups is 1. The first-order chi connectivity index (χ1) is 5.66. The Balaban J connectivity index is 2.43. The van der Waals surface area contributed by atoms with Crippen LogP contribution in [0.5, 0.6) is 0 Å². The largest absolute Gasteiger partial charge is 0.346 e. The Bertz CT molecular complexity index is 338. The summed E-state index contributed by atoms with van der Waals surface area (Å²) in [4.78, 5) is 14.6. The summed E-state index contributed by atoms with van der Waals surface area (Å²) in [5.74, 6) is 0. The number of amides is 2. The van der Waals surface area contributed by atoms with Gasteiger partial charge in [-0.05, 0) is 19.1 Å². The monoisotopic (exact) mass is 163 g/mol. The lowest BCUT2D eigenvalue weighted by molar-refractivity contribution is 0.253. The number of nitrogens with zero attached hydrogens (tertiary/aromatic N) is 1. The lowest BCUT2D eigenvalue weighted by Gasteiger charge is -2.14. The summed E-state index contributed by atoms with van der Waals surface area (Å²) in [6.45, 7) is 1.92. The van der Waals surface area contributed by atoms with Crippen molar-refractivity contribution in [1.82, 2.24) is 5.32 Å². The standard InChI is InChI=1S/C8H9N3O/c1-4-2-6-7(3-5(4)9)11-8(12)10-6/h2-3,5H,9H2,1H3,(H,11,12). The van der Waals surface area contributed by atoms with E-state index in [1.165, 1.54) is 0 Å². The Labute approximate surface area is 69.8 Å². The molecule has 1 heterocycles. The van der Waals surface area contributed by atoms with Crippen LogP contribution in [0.2, 0.25) is 0 Å². The van der Waals surface area contributed by atoms with Gasteiger partial charge in [-0.15, -0.1) is 0 Å². The summed E-state index contributed by atoms with van der Waals surface area (Å²) in [7, 11) is 0. The van der Waals surface area contributed by atoms with Crippen LogP contribution in [-0.2, 0) is 0 Å². The second kappa shape index (κ2) is 2.28. The molecule has 0 aromatic carbocycles. The van der Waals surface area contributed by atoms with Crippen LogP contribution in [0.3, 0.4) is 0 Å². The van der Waals surface area contributed by atoms with E-state index in [0.717, 1.165) is 11.3 Å². The number of nitrogens with two attached hydrogens (primary N) is 1. The highest BCUT2D eigenvalue weighted by Crippen LogP contribution is 2.16. The molecular formula is C8H9N3O. The van der Waals surface area contributed by atoms with Gasteiger partial charge in [-0.2, -0.15) is 4.99 Å². The molecule has 62 valence electrons. The zero-order chi connectivity index (χ0) is 8.72. The number of urea groups is 1. The molecule has 1 aliphatic heterocycles. The molecule has 0 bridgehead atoms. The van der Waals surface area contributed by atoms with E-state index >= 15 is 0 Å². The molecular weight excluding hydrogens is 154 g/mol. The van der Waals surface area contributed by atoms with Gasteiger partial charge in [0, 0.05) is 6.04 Å². The van der Waals surface area contributed by atoms with Gasteiger partial charge in [-0.3, -0.25) is 0 Å². The average Bonchev–Trinajstić information content (AvgIpc) is 2.30. The Kier molecular flexibility index (Phi) is 1.38. The fourth-order valence-corrected chi connectivity index (χ4v) is 1.24. The maximum Gasteiger partial charge on any atom is 0.346 e. The normalized spacial score (nSPS) is 27.0. The van der Waals surface area contributed by atoms with Crippen LogP contribution >= 0.6 is 0 Å². The molecule has 0 radical (unpaired) electrons. The van der Waals surface area contributed by atoms with Crippen molar-refractivity contribution in [3.8, 4) is 0 Å². The summed E-state index contributed by atoms with van der Waals surface area (Å²) in [5.41, 5.74) is 8.18. The van der Waals surface area contributed by atoms with E-state index < -0.39 is 0 Å². The number of hydrogen-bond acceptors (Lipinski definition) is 2. The van der Waals surface area contributed by atoms with E-state index in [1.54, 1.807) is 6.08 Å². The van der Waals surface area contributed by atoms with Crippen LogP contribution in [0, 0.1) is 0 Å². The first-order valence-electron chi connectivity index (χ1n) is 3.72. The third-order valence-corrected chi connectivity index (χ3v) is 1.98. The molecule has 4 nitrogen and oxygen atoms in total. The molecule has 0 spiro atoms.